The summed E-state index contributed by atoms with van der Waals surface area (Å²) in [6.07, 6.45) is 1.49. The van der Waals surface area contributed by atoms with Gasteiger partial charge < -0.3 is 20.1 Å². The van der Waals surface area contributed by atoms with E-state index in [0.717, 1.165) is 22.6 Å². The minimum atomic E-state index is -0.416. The number of nitrogens with one attached hydrogen (secondary N) is 2. The number of hydrogen-bond donors (Lipinski definition) is 2. The Labute approximate surface area is 175 Å². The van der Waals surface area contributed by atoms with Crippen LogP contribution in [0.15, 0.2) is 66.9 Å². The summed E-state index contributed by atoms with van der Waals surface area (Å²) in [4.78, 5) is 29.4. The summed E-state index contributed by atoms with van der Waals surface area (Å²) >= 11 is 0. The number of hydrogen-bond acceptors (Lipinski definition) is 5. The molecule has 0 unspecified atom stereocenters. The minimum absolute atomic E-state index is 0.0817. The number of carbonyl (C=O) groups excluding carboxylic acids is 2. The summed E-state index contributed by atoms with van der Waals surface area (Å²) in [6.45, 7) is 0.636. The first-order valence-corrected chi connectivity index (χ1v) is 9.38. The summed E-state index contributed by atoms with van der Waals surface area (Å²) in [5, 5.41) is 5.62. The van der Waals surface area contributed by atoms with E-state index in [1.165, 1.54) is 6.20 Å². The van der Waals surface area contributed by atoms with Crippen molar-refractivity contribution >= 4 is 11.8 Å². The second-order valence-electron chi connectivity index (χ2n) is 6.46. The first kappa shape index (κ1) is 20.9. The Morgan fingerprint density at radius 3 is 1.77 bits per heavy atom. The number of aromatic nitrogens is 1. The molecule has 30 heavy (non-hydrogen) atoms. The maximum atomic E-state index is 12.6. The monoisotopic (exact) mass is 405 g/mol. The van der Waals surface area contributed by atoms with Crippen LogP contribution in [0.3, 0.4) is 0 Å². The number of carbonyl (C=O) groups is 2. The molecule has 0 saturated carbocycles. The SMILES string of the molecule is COc1ccc(CNC(=O)c2cccnc2C(=O)NCc2ccc(OC)cc2)cc1. The van der Waals surface area contributed by atoms with Crippen molar-refractivity contribution in [1.29, 1.82) is 0 Å². The first-order valence-electron chi connectivity index (χ1n) is 9.38. The molecule has 0 aliphatic heterocycles. The number of ether oxygens (including phenoxy) is 2. The Hall–Kier alpha value is -3.87. The molecule has 2 amide bonds. The highest BCUT2D eigenvalue weighted by molar-refractivity contribution is 6.05. The molecule has 0 fully saturated rings. The van der Waals surface area contributed by atoms with Gasteiger partial charge in [-0.2, -0.15) is 0 Å². The molecule has 1 heterocycles. The Morgan fingerprint density at radius 2 is 1.27 bits per heavy atom. The van der Waals surface area contributed by atoms with Gasteiger partial charge in [-0.05, 0) is 47.5 Å². The van der Waals surface area contributed by atoms with Gasteiger partial charge in [0.05, 0.1) is 19.8 Å². The van der Waals surface area contributed by atoms with Crippen molar-refractivity contribution in [3.05, 3.63) is 89.2 Å². The van der Waals surface area contributed by atoms with Crippen LogP contribution in [0.5, 0.6) is 11.5 Å². The molecule has 3 rings (SSSR count). The van der Waals surface area contributed by atoms with Crippen LogP contribution in [0.2, 0.25) is 0 Å². The average Bonchev–Trinajstić information content (AvgIpc) is 2.81. The third-order valence-electron chi connectivity index (χ3n) is 4.49. The van der Waals surface area contributed by atoms with Gasteiger partial charge >= 0.3 is 0 Å². The molecule has 2 N–H and O–H groups in total. The van der Waals surface area contributed by atoms with Crippen molar-refractivity contribution in [2.24, 2.45) is 0 Å². The van der Waals surface area contributed by atoms with E-state index in [4.69, 9.17) is 9.47 Å². The average molecular weight is 405 g/mol. The van der Waals surface area contributed by atoms with E-state index >= 15 is 0 Å². The van der Waals surface area contributed by atoms with E-state index in [-0.39, 0.29) is 17.2 Å². The predicted octanol–water partition coefficient (Wildman–Crippen LogP) is 2.96. The van der Waals surface area contributed by atoms with Crippen LogP contribution in [0, 0.1) is 0 Å². The van der Waals surface area contributed by atoms with E-state index in [1.54, 1.807) is 26.4 Å². The molecule has 7 nitrogen and oxygen atoms in total. The number of nitrogens with zero attached hydrogens (tertiary/aromatic N) is 1. The van der Waals surface area contributed by atoms with E-state index in [9.17, 15) is 9.59 Å². The lowest BCUT2D eigenvalue weighted by atomic mass is 10.1. The fourth-order valence-corrected chi connectivity index (χ4v) is 2.80. The highest BCUT2D eigenvalue weighted by Gasteiger charge is 2.18. The van der Waals surface area contributed by atoms with Crippen LogP contribution in [-0.4, -0.2) is 31.0 Å². The van der Waals surface area contributed by atoms with Crippen molar-refractivity contribution in [2.45, 2.75) is 13.1 Å². The van der Waals surface area contributed by atoms with Gasteiger partial charge in [-0.1, -0.05) is 24.3 Å². The molecule has 0 saturated heterocycles. The molecule has 0 atom stereocenters. The Kier molecular flexibility index (Phi) is 7.00. The van der Waals surface area contributed by atoms with Crippen molar-refractivity contribution in [1.82, 2.24) is 15.6 Å². The quantitative estimate of drug-likeness (QED) is 0.601. The maximum absolute atomic E-state index is 12.6. The lowest BCUT2D eigenvalue weighted by molar-refractivity contribution is 0.0912. The molecule has 1 aromatic heterocycles. The molecular weight excluding hydrogens is 382 g/mol. The molecule has 154 valence electrons. The lowest BCUT2D eigenvalue weighted by Gasteiger charge is -2.10. The van der Waals surface area contributed by atoms with Crippen LogP contribution >= 0.6 is 0 Å². The summed E-state index contributed by atoms with van der Waals surface area (Å²) in [5.74, 6) is 0.702. The fraction of sp³-hybridized carbons (Fsp3) is 0.174. The lowest BCUT2D eigenvalue weighted by Crippen LogP contribution is -2.30. The van der Waals surface area contributed by atoms with Crippen LogP contribution in [0.4, 0.5) is 0 Å². The van der Waals surface area contributed by atoms with Gasteiger partial charge in [0.1, 0.15) is 17.2 Å². The summed E-state index contributed by atoms with van der Waals surface area (Å²) < 4.78 is 10.3. The zero-order chi connectivity index (χ0) is 21.3. The van der Waals surface area contributed by atoms with E-state index < -0.39 is 5.91 Å². The fourth-order valence-electron chi connectivity index (χ4n) is 2.80. The summed E-state index contributed by atoms with van der Waals surface area (Å²) in [5.41, 5.74) is 2.13. The molecule has 0 aliphatic rings. The smallest absolute Gasteiger partial charge is 0.270 e. The van der Waals surface area contributed by atoms with Crippen LogP contribution in [-0.2, 0) is 13.1 Å². The number of rotatable bonds is 8. The Morgan fingerprint density at radius 1 is 0.767 bits per heavy atom. The topological polar surface area (TPSA) is 89.5 Å². The molecule has 0 bridgehead atoms. The predicted molar refractivity (Wildman–Crippen MR) is 113 cm³/mol. The van der Waals surface area contributed by atoms with Gasteiger partial charge in [0.2, 0.25) is 0 Å². The summed E-state index contributed by atoms with van der Waals surface area (Å²) in [6, 6.07) is 17.9. The van der Waals surface area contributed by atoms with E-state index in [0.29, 0.717) is 13.1 Å². The highest BCUT2D eigenvalue weighted by atomic mass is 16.5. The van der Waals surface area contributed by atoms with Crippen LogP contribution in [0.25, 0.3) is 0 Å². The normalized spacial score (nSPS) is 10.2. The van der Waals surface area contributed by atoms with Crippen molar-refractivity contribution in [3.8, 4) is 11.5 Å². The van der Waals surface area contributed by atoms with Crippen molar-refractivity contribution in [2.75, 3.05) is 14.2 Å². The van der Waals surface area contributed by atoms with Gasteiger partial charge in [0.15, 0.2) is 0 Å². The Bertz CT molecular complexity index is 919. The van der Waals surface area contributed by atoms with Crippen molar-refractivity contribution in [3.63, 3.8) is 0 Å². The largest absolute Gasteiger partial charge is 0.497 e. The molecule has 0 radical (unpaired) electrons. The van der Waals surface area contributed by atoms with Crippen LogP contribution in [0.1, 0.15) is 32.0 Å². The molecule has 0 spiro atoms. The van der Waals surface area contributed by atoms with E-state index in [1.807, 2.05) is 48.5 Å². The number of methoxy groups -OCH3 is 2. The van der Waals surface area contributed by atoms with Crippen LogP contribution < -0.4 is 20.1 Å². The summed E-state index contributed by atoms with van der Waals surface area (Å²) in [7, 11) is 3.19. The zero-order valence-corrected chi connectivity index (χ0v) is 16.8. The molecule has 0 aliphatic carbocycles. The number of pyridine rings is 1. The molecule has 7 heteroatoms. The first-order chi connectivity index (χ1) is 14.6. The second kappa shape index (κ2) is 10.1. The number of amides is 2. The van der Waals surface area contributed by atoms with Gasteiger partial charge in [-0.25, -0.2) is 0 Å². The zero-order valence-electron chi connectivity index (χ0n) is 16.8. The van der Waals surface area contributed by atoms with Gasteiger partial charge in [0.25, 0.3) is 11.8 Å². The number of benzene rings is 2. The maximum Gasteiger partial charge on any atom is 0.270 e. The van der Waals surface area contributed by atoms with Crippen molar-refractivity contribution < 1.29 is 19.1 Å². The highest BCUT2D eigenvalue weighted by Crippen LogP contribution is 2.13. The molecular formula is C23H23N3O4. The van der Waals surface area contributed by atoms with Gasteiger partial charge in [-0.15, -0.1) is 0 Å². The minimum Gasteiger partial charge on any atom is -0.497 e. The van der Waals surface area contributed by atoms with E-state index in [2.05, 4.69) is 15.6 Å². The van der Waals surface area contributed by atoms with Gasteiger partial charge in [-0.3, -0.25) is 14.6 Å². The third kappa shape index (κ3) is 5.35. The Balaban J connectivity index is 1.63. The standard InChI is InChI=1S/C23H23N3O4/c1-29-18-9-5-16(6-10-18)14-25-22(27)20-4-3-13-24-21(20)23(28)26-15-17-7-11-19(30-2)12-8-17/h3-13H,14-15H2,1-2H3,(H,25,27)(H,26,28). The molecule has 2 aromatic carbocycles. The molecule has 3 aromatic rings. The second-order valence-corrected chi connectivity index (χ2v) is 6.46. The van der Waals surface area contributed by atoms with Gasteiger partial charge in [0, 0.05) is 19.3 Å². The third-order valence-corrected chi connectivity index (χ3v) is 4.49.